The summed E-state index contributed by atoms with van der Waals surface area (Å²) >= 11 is 0. The Balaban J connectivity index is 1.41. The molecule has 292 valence electrons. The molecule has 20 nitrogen and oxygen atoms in total. The maximum Gasteiger partial charge on any atom is 0.239 e. The number of hydrogen-bond acceptors (Lipinski definition) is 20. The monoisotopic (exact) mass is 756 g/mol. The average molecular weight is 757 g/mol. The molecule has 20 heteroatoms. The minimum Gasteiger partial charge on any atom is -0.508 e. The summed E-state index contributed by atoms with van der Waals surface area (Å²) in [7, 11) is 1.26. The zero-order chi connectivity index (χ0) is 38.5. The van der Waals surface area contributed by atoms with E-state index in [1.54, 1.807) is 0 Å². The van der Waals surface area contributed by atoms with Gasteiger partial charge in [-0.05, 0) is 25.1 Å². The third-order valence-electron chi connectivity index (χ3n) is 9.22. The first-order chi connectivity index (χ1) is 25.1. The van der Waals surface area contributed by atoms with Crippen LogP contribution in [0.2, 0.25) is 0 Å². The summed E-state index contributed by atoms with van der Waals surface area (Å²) in [4.78, 5) is 14.1. The van der Waals surface area contributed by atoms with Crippen LogP contribution in [0.4, 0.5) is 0 Å². The molecular formula is C33H40O20. The molecule has 1 aromatic heterocycles. The van der Waals surface area contributed by atoms with Gasteiger partial charge in [0, 0.05) is 17.7 Å². The molecule has 0 bridgehead atoms. The lowest BCUT2D eigenvalue weighted by atomic mass is 9.97. The van der Waals surface area contributed by atoms with E-state index >= 15 is 0 Å². The Labute approximate surface area is 298 Å². The summed E-state index contributed by atoms with van der Waals surface area (Å²) in [5, 5.41) is 114. The van der Waals surface area contributed by atoms with E-state index in [2.05, 4.69) is 0 Å². The molecule has 3 aliphatic rings. The van der Waals surface area contributed by atoms with Crippen LogP contribution in [0.15, 0.2) is 39.5 Å². The number of aliphatic hydroxyl groups is 8. The van der Waals surface area contributed by atoms with Crippen LogP contribution in [-0.2, 0) is 23.7 Å². The van der Waals surface area contributed by atoms with Gasteiger partial charge in [0.05, 0.1) is 26.4 Å². The Morgan fingerprint density at radius 3 is 2.21 bits per heavy atom. The fourth-order valence-electron chi connectivity index (χ4n) is 6.18. The van der Waals surface area contributed by atoms with Crippen molar-refractivity contribution in [2.24, 2.45) is 0 Å². The van der Waals surface area contributed by atoms with Crippen molar-refractivity contribution in [1.29, 1.82) is 0 Å². The molecule has 3 aliphatic heterocycles. The molecule has 0 unspecified atom stereocenters. The second-order valence-electron chi connectivity index (χ2n) is 12.8. The second-order valence-corrected chi connectivity index (χ2v) is 12.8. The van der Waals surface area contributed by atoms with Crippen LogP contribution in [-0.4, -0.2) is 163 Å². The molecule has 4 heterocycles. The minimum atomic E-state index is -2.02. The summed E-state index contributed by atoms with van der Waals surface area (Å²) < 4.78 is 45.2. The summed E-state index contributed by atoms with van der Waals surface area (Å²) in [5.41, 5.74) is -1.31. The van der Waals surface area contributed by atoms with Crippen molar-refractivity contribution in [3.63, 3.8) is 0 Å². The number of benzene rings is 2. The molecule has 14 atom stereocenters. The lowest BCUT2D eigenvalue weighted by molar-refractivity contribution is -0.358. The van der Waals surface area contributed by atoms with Crippen LogP contribution in [0, 0.1) is 0 Å². The van der Waals surface area contributed by atoms with Gasteiger partial charge in [-0.25, -0.2) is 0 Å². The Kier molecular flexibility index (Phi) is 11.3. The smallest absolute Gasteiger partial charge is 0.239 e. The fraction of sp³-hybridized carbons (Fsp3) is 0.545. The van der Waals surface area contributed by atoms with Crippen LogP contribution in [0.25, 0.3) is 22.3 Å². The topological polar surface area (TPSA) is 317 Å². The van der Waals surface area contributed by atoms with Crippen molar-refractivity contribution in [1.82, 2.24) is 0 Å². The zero-order valence-electron chi connectivity index (χ0n) is 28.0. The van der Waals surface area contributed by atoms with Gasteiger partial charge in [-0.3, -0.25) is 4.79 Å². The molecular weight excluding hydrogens is 716 g/mol. The van der Waals surface area contributed by atoms with Crippen LogP contribution in [0.1, 0.15) is 6.92 Å². The highest BCUT2D eigenvalue weighted by Gasteiger charge is 2.52. The van der Waals surface area contributed by atoms with E-state index in [1.807, 2.05) is 0 Å². The standard InChI is InChI=1S/C33H40O20/c1-10-20(38)24(42)27(45)32(49-10)53-30-25(43)22(40)18(9-48-31-26(44)21(39)15(37)8-47-31)51-33(30)52-29-23(41)19-14(36)6-12(34)7-17(19)50-28(29)11-3-4-13(35)16(5-11)46-2/h3-7,10,15,18,20-22,24-27,30-40,42-45H,8-9H2,1-2H3/t10-,15-,18+,20-,21-,22+,24+,25-,26+,27+,30+,31-,32-,33-/m0/s1. The molecule has 3 aromatic rings. The molecule has 11 N–H and O–H groups in total. The summed E-state index contributed by atoms with van der Waals surface area (Å²) in [6.45, 7) is 0.270. The van der Waals surface area contributed by atoms with E-state index in [1.165, 1.54) is 32.2 Å². The zero-order valence-corrected chi connectivity index (χ0v) is 28.0. The predicted molar refractivity (Wildman–Crippen MR) is 172 cm³/mol. The first kappa shape index (κ1) is 38.8. The van der Waals surface area contributed by atoms with E-state index in [4.69, 9.17) is 37.6 Å². The number of fused-ring (bicyclic) bond motifs is 1. The van der Waals surface area contributed by atoms with Crippen molar-refractivity contribution in [3.05, 3.63) is 40.6 Å². The van der Waals surface area contributed by atoms with Crippen molar-refractivity contribution >= 4 is 11.0 Å². The maximum absolute atomic E-state index is 14.1. The van der Waals surface area contributed by atoms with E-state index < -0.39 is 127 Å². The summed E-state index contributed by atoms with van der Waals surface area (Å²) in [6, 6.07) is 5.69. The summed E-state index contributed by atoms with van der Waals surface area (Å²) in [6.07, 6.45) is -23.8. The van der Waals surface area contributed by atoms with Gasteiger partial charge >= 0.3 is 0 Å². The van der Waals surface area contributed by atoms with Crippen LogP contribution < -0.4 is 14.9 Å². The number of phenols is 3. The number of aromatic hydroxyl groups is 3. The quantitative estimate of drug-likeness (QED) is 0.104. The number of methoxy groups -OCH3 is 1. The van der Waals surface area contributed by atoms with Crippen molar-refractivity contribution in [2.75, 3.05) is 20.3 Å². The maximum atomic E-state index is 14.1. The van der Waals surface area contributed by atoms with Crippen LogP contribution in [0.3, 0.4) is 0 Å². The first-order valence-electron chi connectivity index (χ1n) is 16.3. The van der Waals surface area contributed by atoms with Crippen LogP contribution in [0.5, 0.6) is 28.7 Å². The third kappa shape index (κ3) is 7.47. The average Bonchev–Trinajstić information content (AvgIpc) is 3.12. The van der Waals surface area contributed by atoms with E-state index in [0.717, 1.165) is 12.1 Å². The molecule has 0 radical (unpaired) electrons. The Morgan fingerprint density at radius 2 is 1.49 bits per heavy atom. The Bertz CT molecular complexity index is 1820. The lowest BCUT2D eigenvalue weighted by Gasteiger charge is -2.46. The van der Waals surface area contributed by atoms with Gasteiger partial charge in [0.15, 0.2) is 35.9 Å². The highest BCUT2D eigenvalue weighted by atomic mass is 16.8. The van der Waals surface area contributed by atoms with E-state index in [-0.39, 0.29) is 28.4 Å². The molecule has 6 rings (SSSR count). The fourth-order valence-corrected chi connectivity index (χ4v) is 6.18. The highest BCUT2D eigenvalue weighted by molar-refractivity contribution is 5.88. The molecule has 0 spiro atoms. The molecule has 0 amide bonds. The predicted octanol–water partition coefficient (Wildman–Crippen LogP) is -2.92. The Morgan fingerprint density at radius 1 is 0.774 bits per heavy atom. The SMILES string of the molecule is COc1cc(-c2oc3cc(O)cc(O)c3c(=O)c2O[C@@H]2O[C@H](CO[C@@H]3OC[C@H](O)[C@H](O)[C@H]3O)[C@@H](O)[C@H](O)[C@H]2O[C@@H]2O[C@@H](C)[C@H](O)[C@@H](O)[C@H]2O)ccc1O. The van der Waals surface area contributed by atoms with Gasteiger partial charge < -0.3 is 93.7 Å². The van der Waals surface area contributed by atoms with Crippen molar-refractivity contribution < 1.29 is 93.7 Å². The number of aliphatic hydroxyl groups excluding tert-OH is 8. The molecule has 0 saturated carbocycles. The molecule has 0 aliphatic carbocycles. The minimum absolute atomic E-state index is 0.0476. The normalized spacial score (nSPS) is 36.3. The second kappa shape index (κ2) is 15.5. The molecule has 3 fully saturated rings. The third-order valence-corrected chi connectivity index (χ3v) is 9.22. The van der Waals surface area contributed by atoms with Gasteiger partial charge in [-0.1, -0.05) is 0 Å². The van der Waals surface area contributed by atoms with Gasteiger partial charge in [0.2, 0.25) is 17.5 Å². The summed E-state index contributed by atoms with van der Waals surface area (Å²) in [5.74, 6) is -2.62. The molecule has 3 saturated heterocycles. The Hall–Kier alpha value is -3.87. The largest absolute Gasteiger partial charge is 0.508 e. The van der Waals surface area contributed by atoms with Crippen molar-refractivity contribution in [3.8, 4) is 40.1 Å². The number of rotatable bonds is 9. The van der Waals surface area contributed by atoms with Gasteiger partial charge in [-0.2, -0.15) is 0 Å². The van der Waals surface area contributed by atoms with Crippen LogP contribution >= 0.6 is 0 Å². The van der Waals surface area contributed by atoms with Gasteiger partial charge in [0.1, 0.15) is 77.4 Å². The number of phenolic OH excluding ortho intramolecular Hbond substituents is 3. The lowest BCUT2D eigenvalue weighted by Crippen LogP contribution is -2.65. The highest BCUT2D eigenvalue weighted by Crippen LogP contribution is 2.40. The van der Waals surface area contributed by atoms with E-state index in [9.17, 15) is 61.0 Å². The van der Waals surface area contributed by atoms with Crippen molar-refractivity contribution in [2.45, 2.75) is 92.9 Å². The van der Waals surface area contributed by atoms with Gasteiger partial charge in [-0.15, -0.1) is 0 Å². The number of ether oxygens (including phenoxy) is 7. The first-order valence-corrected chi connectivity index (χ1v) is 16.3. The number of hydrogen-bond donors (Lipinski definition) is 11. The van der Waals surface area contributed by atoms with Gasteiger partial charge in [0.25, 0.3) is 0 Å². The molecule has 53 heavy (non-hydrogen) atoms. The van der Waals surface area contributed by atoms with E-state index in [0.29, 0.717) is 0 Å². The molecule has 2 aromatic carbocycles.